The van der Waals surface area contributed by atoms with E-state index in [9.17, 15) is 14.0 Å². The Morgan fingerprint density at radius 3 is 2.67 bits per heavy atom. The van der Waals surface area contributed by atoms with Gasteiger partial charge in [-0.25, -0.2) is 4.39 Å². The van der Waals surface area contributed by atoms with Crippen LogP contribution >= 0.6 is 0 Å². The molecule has 5 nitrogen and oxygen atoms in total. The minimum atomic E-state index is -0.412. The summed E-state index contributed by atoms with van der Waals surface area (Å²) in [4.78, 5) is 24.3. The van der Waals surface area contributed by atoms with Crippen molar-refractivity contribution in [2.75, 3.05) is 13.7 Å². The number of amides is 1. The number of ketones is 1. The molecule has 3 aromatic carbocycles. The average molecular weight is 448 g/mol. The maximum Gasteiger partial charge on any atom is 0.224 e. The Balaban J connectivity index is 1.49. The van der Waals surface area contributed by atoms with Crippen LogP contribution in [-0.4, -0.2) is 31.4 Å². The summed E-state index contributed by atoms with van der Waals surface area (Å²) in [5.41, 5.74) is 4.14. The Morgan fingerprint density at radius 2 is 1.91 bits per heavy atom. The third-order valence-electron chi connectivity index (χ3n) is 5.78. The standard InChI is InChI=1S/C27H26FNO4/c1-16-10-20-12-21(15-29-26(31)14-19-6-4-5-7-25(19)32-3)33-27(20)23(11-16)22-13-18(17(2)30)8-9-24(22)28/h4-11,13,21H,12,14-15H2,1-3H3,(H,29,31)/t21-/m1/s1. The van der Waals surface area contributed by atoms with Gasteiger partial charge in [0.25, 0.3) is 0 Å². The van der Waals surface area contributed by atoms with E-state index in [1.54, 1.807) is 13.2 Å². The molecule has 0 radical (unpaired) electrons. The van der Waals surface area contributed by atoms with Crippen molar-refractivity contribution in [1.29, 1.82) is 0 Å². The molecule has 1 amide bonds. The van der Waals surface area contributed by atoms with E-state index in [-0.39, 0.29) is 24.2 Å². The molecule has 1 N–H and O–H groups in total. The normalized spacial score (nSPS) is 14.4. The van der Waals surface area contributed by atoms with Crippen LogP contribution in [0.2, 0.25) is 0 Å². The summed E-state index contributed by atoms with van der Waals surface area (Å²) in [5.74, 6) is 0.606. The number of methoxy groups -OCH3 is 1. The van der Waals surface area contributed by atoms with Crippen molar-refractivity contribution in [3.05, 3.63) is 82.7 Å². The fourth-order valence-corrected chi connectivity index (χ4v) is 4.17. The Bertz CT molecular complexity index is 1220. The fourth-order valence-electron chi connectivity index (χ4n) is 4.17. The van der Waals surface area contributed by atoms with Gasteiger partial charge in [0, 0.05) is 28.7 Å². The molecule has 1 aliphatic rings. The van der Waals surface area contributed by atoms with Crippen molar-refractivity contribution < 1.29 is 23.5 Å². The van der Waals surface area contributed by atoms with E-state index in [0.717, 1.165) is 16.7 Å². The number of nitrogens with one attached hydrogen (secondary N) is 1. The summed E-state index contributed by atoms with van der Waals surface area (Å²) >= 11 is 0. The van der Waals surface area contributed by atoms with Crippen molar-refractivity contribution >= 4 is 11.7 Å². The second kappa shape index (κ2) is 9.45. The lowest BCUT2D eigenvalue weighted by Gasteiger charge is -2.15. The van der Waals surface area contributed by atoms with E-state index in [1.165, 1.54) is 19.1 Å². The molecule has 4 rings (SSSR count). The zero-order chi connectivity index (χ0) is 23.5. The zero-order valence-corrected chi connectivity index (χ0v) is 18.9. The Hall–Kier alpha value is -3.67. The molecule has 0 aliphatic carbocycles. The van der Waals surface area contributed by atoms with E-state index in [0.29, 0.717) is 41.2 Å². The van der Waals surface area contributed by atoms with Gasteiger partial charge in [-0.3, -0.25) is 9.59 Å². The van der Waals surface area contributed by atoms with Gasteiger partial charge in [-0.2, -0.15) is 0 Å². The lowest BCUT2D eigenvalue weighted by atomic mass is 9.95. The molecule has 0 spiro atoms. The quantitative estimate of drug-likeness (QED) is 0.535. The van der Waals surface area contributed by atoms with E-state index in [1.807, 2.05) is 43.3 Å². The third kappa shape index (κ3) is 4.90. The molecule has 0 fully saturated rings. The molecule has 0 aromatic heterocycles. The third-order valence-corrected chi connectivity index (χ3v) is 5.78. The largest absolute Gasteiger partial charge is 0.496 e. The molecule has 6 heteroatoms. The highest BCUT2D eigenvalue weighted by Crippen LogP contribution is 2.41. The fraction of sp³-hybridized carbons (Fsp3) is 0.259. The van der Waals surface area contributed by atoms with Crippen LogP contribution in [0.3, 0.4) is 0 Å². The van der Waals surface area contributed by atoms with Crippen LogP contribution in [0.1, 0.15) is 34.0 Å². The monoisotopic (exact) mass is 447 g/mol. The molecule has 3 aromatic rings. The van der Waals surface area contributed by atoms with Gasteiger partial charge in [0.15, 0.2) is 5.78 Å². The molecule has 1 aliphatic heterocycles. The average Bonchev–Trinajstić information content (AvgIpc) is 3.20. The van der Waals surface area contributed by atoms with Crippen LogP contribution in [0.4, 0.5) is 4.39 Å². The molecule has 0 bridgehead atoms. The topological polar surface area (TPSA) is 64.6 Å². The highest BCUT2D eigenvalue weighted by Gasteiger charge is 2.28. The van der Waals surface area contributed by atoms with Crippen molar-refractivity contribution in [1.82, 2.24) is 5.32 Å². The number of rotatable bonds is 7. The van der Waals surface area contributed by atoms with Crippen LogP contribution in [-0.2, 0) is 17.6 Å². The van der Waals surface area contributed by atoms with Gasteiger partial charge in [-0.15, -0.1) is 0 Å². The summed E-state index contributed by atoms with van der Waals surface area (Å²) in [6, 6.07) is 15.7. The van der Waals surface area contributed by atoms with Crippen LogP contribution in [0.5, 0.6) is 11.5 Å². The lowest BCUT2D eigenvalue weighted by molar-refractivity contribution is -0.120. The van der Waals surface area contributed by atoms with Gasteiger partial charge in [0.05, 0.1) is 20.1 Å². The molecule has 0 saturated heterocycles. The van der Waals surface area contributed by atoms with Gasteiger partial charge >= 0.3 is 0 Å². The maximum atomic E-state index is 14.7. The Kier molecular flexibility index (Phi) is 6.45. The number of carbonyl (C=O) groups excluding carboxylic acids is 2. The van der Waals surface area contributed by atoms with E-state index < -0.39 is 5.82 Å². The summed E-state index contributed by atoms with van der Waals surface area (Å²) in [5, 5.41) is 2.93. The van der Waals surface area contributed by atoms with E-state index in [2.05, 4.69) is 5.32 Å². The first-order chi connectivity index (χ1) is 15.9. The van der Waals surface area contributed by atoms with E-state index >= 15 is 0 Å². The van der Waals surface area contributed by atoms with Crippen LogP contribution in [0.25, 0.3) is 11.1 Å². The number of fused-ring (bicyclic) bond motifs is 1. The van der Waals surface area contributed by atoms with Crippen LogP contribution in [0, 0.1) is 12.7 Å². The highest BCUT2D eigenvalue weighted by atomic mass is 19.1. The minimum absolute atomic E-state index is 0.128. The van der Waals surface area contributed by atoms with Crippen LogP contribution < -0.4 is 14.8 Å². The number of carbonyl (C=O) groups is 2. The summed E-state index contributed by atoms with van der Waals surface area (Å²) in [7, 11) is 1.58. The minimum Gasteiger partial charge on any atom is -0.496 e. The lowest BCUT2D eigenvalue weighted by Crippen LogP contribution is -2.35. The number of hydrogen-bond donors (Lipinski definition) is 1. The van der Waals surface area contributed by atoms with Gasteiger partial charge in [-0.05, 0) is 55.3 Å². The van der Waals surface area contributed by atoms with Gasteiger partial charge in [0.2, 0.25) is 5.91 Å². The molecule has 1 atom stereocenters. The number of benzene rings is 3. The SMILES string of the molecule is COc1ccccc1CC(=O)NC[C@H]1Cc2cc(C)cc(-c3cc(C(C)=O)ccc3F)c2O1. The Morgan fingerprint density at radius 1 is 1.12 bits per heavy atom. The number of aryl methyl sites for hydroxylation is 1. The molecule has 0 saturated carbocycles. The summed E-state index contributed by atoms with van der Waals surface area (Å²) < 4.78 is 26.2. The smallest absolute Gasteiger partial charge is 0.224 e. The second-order valence-corrected chi connectivity index (χ2v) is 8.29. The summed E-state index contributed by atoms with van der Waals surface area (Å²) in [6.07, 6.45) is 0.547. The number of hydrogen-bond acceptors (Lipinski definition) is 4. The first-order valence-corrected chi connectivity index (χ1v) is 10.9. The second-order valence-electron chi connectivity index (χ2n) is 8.29. The first-order valence-electron chi connectivity index (χ1n) is 10.9. The number of para-hydroxylation sites is 1. The molecule has 0 unspecified atom stereocenters. The van der Waals surface area contributed by atoms with Gasteiger partial charge < -0.3 is 14.8 Å². The summed E-state index contributed by atoms with van der Waals surface area (Å²) in [6.45, 7) is 3.73. The molecular weight excluding hydrogens is 421 g/mol. The van der Waals surface area contributed by atoms with E-state index in [4.69, 9.17) is 9.47 Å². The predicted octanol–water partition coefficient (Wildman–Crippen LogP) is 4.67. The van der Waals surface area contributed by atoms with Crippen molar-refractivity contribution in [3.63, 3.8) is 0 Å². The zero-order valence-electron chi connectivity index (χ0n) is 18.9. The molecule has 33 heavy (non-hydrogen) atoms. The predicted molar refractivity (Wildman–Crippen MR) is 124 cm³/mol. The molecule has 1 heterocycles. The van der Waals surface area contributed by atoms with Crippen molar-refractivity contribution in [2.24, 2.45) is 0 Å². The number of Topliss-reactive ketones (excluding diaryl/α,β-unsaturated/α-hetero) is 1. The first kappa shape index (κ1) is 22.5. The van der Waals surface area contributed by atoms with Crippen molar-refractivity contribution in [3.8, 4) is 22.6 Å². The number of halogens is 1. The number of ether oxygens (including phenoxy) is 2. The Labute approximate surface area is 192 Å². The van der Waals surface area contributed by atoms with Gasteiger partial charge in [0.1, 0.15) is 23.4 Å². The molecular formula is C27H26FNO4. The molecule has 170 valence electrons. The van der Waals surface area contributed by atoms with Crippen LogP contribution in [0.15, 0.2) is 54.6 Å². The van der Waals surface area contributed by atoms with Gasteiger partial charge in [-0.1, -0.05) is 24.3 Å². The van der Waals surface area contributed by atoms with Crippen molar-refractivity contribution in [2.45, 2.75) is 32.8 Å². The highest BCUT2D eigenvalue weighted by molar-refractivity contribution is 5.95. The maximum absolute atomic E-state index is 14.7.